The molecule has 0 fully saturated rings. The summed E-state index contributed by atoms with van der Waals surface area (Å²) in [6.45, 7) is 2.51. The minimum absolute atomic E-state index is 0.0849. The summed E-state index contributed by atoms with van der Waals surface area (Å²) >= 11 is 7.46. The molecule has 0 aliphatic carbocycles. The molecule has 1 amide bonds. The van der Waals surface area contributed by atoms with Crippen LogP contribution in [0.15, 0.2) is 48.5 Å². The van der Waals surface area contributed by atoms with Gasteiger partial charge in [0.1, 0.15) is 18.4 Å². The van der Waals surface area contributed by atoms with Crippen molar-refractivity contribution in [3.05, 3.63) is 64.7 Å². The molecule has 5 nitrogen and oxygen atoms in total. The molecule has 0 radical (unpaired) electrons. The molecule has 2 rings (SSSR count). The van der Waals surface area contributed by atoms with Crippen molar-refractivity contribution in [3.8, 4) is 5.75 Å². The summed E-state index contributed by atoms with van der Waals surface area (Å²) in [5, 5.41) is 3.31. The Bertz CT molecular complexity index is 782. The highest BCUT2D eigenvalue weighted by Crippen LogP contribution is 2.19. The van der Waals surface area contributed by atoms with E-state index in [1.54, 1.807) is 36.0 Å². The Balaban J connectivity index is 2.02. The lowest BCUT2D eigenvalue weighted by Crippen LogP contribution is -2.42. The molecule has 2 aromatic carbocycles. The number of hydrogen-bond donors (Lipinski definition) is 1. The number of amides is 1. The molecule has 0 heterocycles. The summed E-state index contributed by atoms with van der Waals surface area (Å²) in [6, 6.07) is 13.2. The monoisotopic (exact) mass is 421 g/mol. The van der Waals surface area contributed by atoms with Crippen LogP contribution in [-0.2, 0) is 16.1 Å². The molecule has 0 aliphatic heterocycles. The molecular formula is C21H24ClNO4S. The molecule has 0 saturated carbocycles. The molecule has 1 atom stereocenters. The van der Waals surface area contributed by atoms with Gasteiger partial charge < -0.3 is 14.8 Å². The fourth-order valence-corrected chi connectivity index (χ4v) is 3.09. The van der Waals surface area contributed by atoms with Gasteiger partial charge in [-0.25, -0.2) is 4.79 Å². The fraction of sp³-hybridized carbons (Fsp3) is 0.333. The smallest absolute Gasteiger partial charge is 0.329 e. The minimum Gasteiger partial charge on any atom is -0.493 e. The minimum atomic E-state index is -0.727. The molecular weight excluding hydrogens is 398 g/mol. The van der Waals surface area contributed by atoms with Gasteiger partial charge in [0, 0.05) is 16.1 Å². The molecule has 2 aromatic rings. The van der Waals surface area contributed by atoms with E-state index in [0.717, 1.165) is 11.3 Å². The first-order valence-electron chi connectivity index (χ1n) is 8.97. The average molecular weight is 422 g/mol. The normalized spacial score (nSPS) is 11.5. The van der Waals surface area contributed by atoms with Crippen LogP contribution in [0, 0.1) is 0 Å². The highest BCUT2D eigenvalue weighted by Gasteiger charge is 2.23. The van der Waals surface area contributed by atoms with Crippen molar-refractivity contribution < 1.29 is 19.1 Å². The second-order valence-electron chi connectivity index (χ2n) is 5.96. The molecule has 1 N–H and O–H groups in total. The Morgan fingerprint density at radius 3 is 2.54 bits per heavy atom. The molecule has 0 aliphatic rings. The van der Waals surface area contributed by atoms with Crippen molar-refractivity contribution >= 4 is 35.2 Å². The van der Waals surface area contributed by atoms with Gasteiger partial charge in [0.15, 0.2) is 0 Å². The molecule has 7 heteroatoms. The maximum Gasteiger partial charge on any atom is 0.329 e. The zero-order valence-electron chi connectivity index (χ0n) is 15.9. The highest BCUT2D eigenvalue weighted by atomic mass is 35.5. The molecule has 0 saturated heterocycles. The lowest BCUT2D eigenvalue weighted by molar-refractivity contribution is -0.147. The SMILES string of the molecule is CCOc1ccccc1COC(=O)[C@H](CCSC)NC(=O)c1ccc(Cl)cc1. The number of rotatable bonds is 10. The van der Waals surface area contributed by atoms with Gasteiger partial charge in [-0.3, -0.25) is 4.79 Å². The van der Waals surface area contributed by atoms with E-state index in [9.17, 15) is 9.59 Å². The van der Waals surface area contributed by atoms with Crippen molar-refractivity contribution in [2.75, 3.05) is 18.6 Å². The Labute approximate surface area is 174 Å². The number of thioether (sulfide) groups is 1. The summed E-state index contributed by atoms with van der Waals surface area (Å²) in [4.78, 5) is 25.1. The number of hydrogen-bond acceptors (Lipinski definition) is 5. The van der Waals surface area contributed by atoms with Crippen molar-refractivity contribution in [1.29, 1.82) is 0 Å². The summed E-state index contributed by atoms with van der Waals surface area (Å²) < 4.78 is 11.0. The Morgan fingerprint density at radius 1 is 1.14 bits per heavy atom. The molecule has 0 spiro atoms. The lowest BCUT2D eigenvalue weighted by Gasteiger charge is -2.18. The van der Waals surface area contributed by atoms with E-state index in [1.807, 2.05) is 37.4 Å². The first-order valence-corrected chi connectivity index (χ1v) is 10.7. The van der Waals surface area contributed by atoms with E-state index in [0.29, 0.717) is 29.4 Å². The topological polar surface area (TPSA) is 64.6 Å². The van der Waals surface area contributed by atoms with Crippen LogP contribution in [0.5, 0.6) is 5.75 Å². The number of carbonyl (C=O) groups is 2. The van der Waals surface area contributed by atoms with Gasteiger partial charge in [-0.1, -0.05) is 29.8 Å². The average Bonchev–Trinajstić information content (AvgIpc) is 2.70. The second-order valence-corrected chi connectivity index (χ2v) is 7.38. The van der Waals surface area contributed by atoms with E-state index in [2.05, 4.69) is 5.32 Å². The quantitative estimate of drug-likeness (QED) is 0.578. The summed E-state index contributed by atoms with van der Waals surface area (Å²) in [5.74, 6) is 0.594. The van der Waals surface area contributed by atoms with Gasteiger partial charge in [-0.15, -0.1) is 0 Å². The van der Waals surface area contributed by atoms with Gasteiger partial charge in [0.05, 0.1) is 6.61 Å². The van der Waals surface area contributed by atoms with E-state index in [-0.39, 0.29) is 12.5 Å². The lowest BCUT2D eigenvalue weighted by atomic mass is 10.1. The maximum absolute atomic E-state index is 12.6. The van der Waals surface area contributed by atoms with Gasteiger partial charge >= 0.3 is 5.97 Å². The van der Waals surface area contributed by atoms with Crippen molar-refractivity contribution in [1.82, 2.24) is 5.32 Å². The number of carbonyl (C=O) groups excluding carboxylic acids is 2. The van der Waals surface area contributed by atoms with Crippen LogP contribution in [0.2, 0.25) is 5.02 Å². The summed E-state index contributed by atoms with van der Waals surface area (Å²) in [7, 11) is 0. The zero-order chi connectivity index (χ0) is 20.4. The van der Waals surface area contributed by atoms with E-state index < -0.39 is 12.0 Å². The van der Waals surface area contributed by atoms with Crippen LogP contribution < -0.4 is 10.1 Å². The number of halogens is 1. The third kappa shape index (κ3) is 6.77. The van der Waals surface area contributed by atoms with E-state index in [1.165, 1.54) is 0 Å². The van der Waals surface area contributed by atoms with Crippen molar-refractivity contribution in [2.45, 2.75) is 26.0 Å². The highest BCUT2D eigenvalue weighted by molar-refractivity contribution is 7.98. The predicted molar refractivity (Wildman–Crippen MR) is 113 cm³/mol. The maximum atomic E-state index is 12.6. The summed E-state index contributed by atoms with van der Waals surface area (Å²) in [6.07, 6.45) is 2.42. The number of ether oxygens (including phenoxy) is 2. The van der Waals surface area contributed by atoms with Crippen molar-refractivity contribution in [3.63, 3.8) is 0 Å². The van der Waals surface area contributed by atoms with Crippen LogP contribution >= 0.6 is 23.4 Å². The molecule has 0 bridgehead atoms. The Morgan fingerprint density at radius 2 is 1.86 bits per heavy atom. The third-order valence-electron chi connectivity index (χ3n) is 3.95. The van der Waals surface area contributed by atoms with Crippen LogP contribution in [0.4, 0.5) is 0 Å². The molecule has 28 heavy (non-hydrogen) atoms. The van der Waals surface area contributed by atoms with Gasteiger partial charge in [0.25, 0.3) is 5.91 Å². The van der Waals surface area contributed by atoms with Gasteiger partial charge in [-0.05, 0) is 55.7 Å². The van der Waals surface area contributed by atoms with E-state index >= 15 is 0 Å². The van der Waals surface area contributed by atoms with E-state index in [4.69, 9.17) is 21.1 Å². The number of para-hydroxylation sites is 1. The van der Waals surface area contributed by atoms with Gasteiger partial charge in [-0.2, -0.15) is 11.8 Å². The fourth-order valence-electron chi connectivity index (χ4n) is 2.50. The molecule has 150 valence electrons. The first kappa shape index (κ1) is 22.1. The first-order chi connectivity index (χ1) is 13.5. The zero-order valence-corrected chi connectivity index (χ0v) is 17.5. The van der Waals surface area contributed by atoms with Crippen LogP contribution in [0.3, 0.4) is 0 Å². The van der Waals surface area contributed by atoms with Crippen molar-refractivity contribution in [2.24, 2.45) is 0 Å². The Kier molecular flexibility index (Phi) is 9.17. The largest absolute Gasteiger partial charge is 0.493 e. The molecule has 0 aromatic heterocycles. The van der Waals surface area contributed by atoms with Gasteiger partial charge in [0.2, 0.25) is 0 Å². The predicted octanol–water partition coefficient (Wildman–Crippen LogP) is 4.33. The number of nitrogens with one attached hydrogen (secondary N) is 1. The number of esters is 1. The molecule has 0 unspecified atom stereocenters. The standard InChI is InChI=1S/C21H24ClNO4S/c1-3-26-19-7-5-4-6-16(19)14-27-21(25)18(12-13-28-2)23-20(24)15-8-10-17(22)11-9-15/h4-11,18H,3,12-14H2,1-2H3,(H,23,24)/t18-/m0/s1. The third-order valence-corrected chi connectivity index (χ3v) is 4.85. The van der Waals surface area contributed by atoms with Crippen LogP contribution in [0.1, 0.15) is 29.3 Å². The summed E-state index contributed by atoms with van der Waals surface area (Å²) in [5.41, 5.74) is 1.22. The second kappa shape index (κ2) is 11.6. The Hall–Kier alpha value is -2.18. The van der Waals surface area contributed by atoms with Crippen LogP contribution in [0.25, 0.3) is 0 Å². The number of benzene rings is 2. The van der Waals surface area contributed by atoms with Crippen LogP contribution in [-0.4, -0.2) is 36.5 Å².